The molecule has 7 nitrogen and oxygen atoms in total. The molecule has 1 saturated heterocycles. The lowest BCUT2D eigenvalue weighted by molar-refractivity contribution is 0.134. The van der Waals surface area contributed by atoms with Crippen LogP contribution in [0.1, 0.15) is 12.0 Å². The van der Waals surface area contributed by atoms with E-state index in [1.807, 2.05) is 11.0 Å². The Balaban J connectivity index is 1.42. The molecule has 0 aliphatic carbocycles. The molecule has 0 aromatic heterocycles. The molecule has 138 valence electrons. The smallest absolute Gasteiger partial charge is 0.317 e. The zero-order valence-electron chi connectivity index (χ0n) is 14.8. The third-order valence-electron chi connectivity index (χ3n) is 4.47. The van der Waals surface area contributed by atoms with Gasteiger partial charge in [-0.15, -0.1) is 0 Å². The second kappa shape index (κ2) is 8.92. The standard InChI is InChI=1S/C18H27N3O4/c1-23-10-2-5-19-18(22)21-8-6-20(7-9-21)14-15-3-4-16-17(13-15)25-12-11-24-16/h3-4,13H,2,5-12,14H2,1H3,(H,19,22). The molecule has 1 N–H and O–H groups in total. The van der Waals surface area contributed by atoms with Gasteiger partial charge < -0.3 is 24.4 Å². The summed E-state index contributed by atoms with van der Waals surface area (Å²) in [5.74, 6) is 1.66. The molecule has 2 amide bonds. The van der Waals surface area contributed by atoms with Gasteiger partial charge >= 0.3 is 6.03 Å². The monoisotopic (exact) mass is 349 g/mol. The summed E-state index contributed by atoms with van der Waals surface area (Å²) in [5.41, 5.74) is 1.21. The minimum atomic E-state index is 0.0232. The van der Waals surface area contributed by atoms with Crippen LogP contribution in [-0.2, 0) is 11.3 Å². The lowest BCUT2D eigenvalue weighted by atomic mass is 10.1. The third kappa shape index (κ3) is 4.99. The molecule has 2 aliphatic rings. The van der Waals surface area contributed by atoms with E-state index in [1.54, 1.807) is 7.11 Å². The van der Waals surface area contributed by atoms with Crippen LogP contribution in [0, 0.1) is 0 Å². The fourth-order valence-electron chi connectivity index (χ4n) is 3.08. The van der Waals surface area contributed by atoms with Crippen molar-refractivity contribution in [3.05, 3.63) is 23.8 Å². The van der Waals surface area contributed by atoms with Crippen LogP contribution in [0.3, 0.4) is 0 Å². The molecule has 0 atom stereocenters. The SMILES string of the molecule is COCCCNC(=O)N1CCN(Cc2ccc3c(c2)OCCO3)CC1. The summed E-state index contributed by atoms with van der Waals surface area (Å²) < 4.78 is 16.2. The number of carbonyl (C=O) groups is 1. The lowest BCUT2D eigenvalue weighted by Gasteiger charge is -2.34. The zero-order valence-corrected chi connectivity index (χ0v) is 14.8. The highest BCUT2D eigenvalue weighted by Gasteiger charge is 2.21. The van der Waals surface area contributed by atoms with Crippen LogP contribution in [0.25, 0.3) is 0 Å². The van der Waals surface area contributed by atoms with Crippen molar-refractivity contribution in [1.82, 2.24) is 15.1 Å². The molecular formula is C18H27N3O4. The number of amides is 2. The lowest BCUT2D eigenvalue weighted by Crippen LogP contribution is -2.51. The molecule has 2 heterocycles. The van der Waals surface area contributed by atoms with Crippen molar-refractivity contribution in [3.8, 4) is 11.5 Å². The van der Waals surface area contributed by atoms with Crippen molar-refractivity contribution >= 4 is 6.03 Å². The predicted molar refractivity (Wildman–Crippen MR) is 94.2 cm³/mol. The molecule has 1 aromatic rings. The second-order valence-corrected chi connectivity index (χ2v) is 6.32. The summed E-state index contributed by atoms with van der Waals surface area (Å²) in [5, 5.41) is 2.94. The number of nitrogens with zero attached hydrogens (tertiary/aromatic N) is 2. The maximum Gasteiger partial charge on any atom is 0.317 e. The molecule has 2 aliphatic heterocycles. The van der Waals surface area contributed by atoms with Gasteiger partial charge in [-0.2, -0.15) is 0 Å². The highest BCUT2D eigenvalue weighted by atomic mass is 16.6. The number of ether oxygens (including phenoxy) is 3. The van der Waals surface area contributed by atoms with Gasteiger partial charge in [-0.05, 0) is 24.1 Å². The number of hydrogen-bond acceptors (Lipinski definition) is 5. The van der Waals surface area contributed by atoms with E-state index in [-0.39, 0.29) is 6.03 Å². The van der Waals surface area contributed by atoms with Gasteiger partial charge in [0.1, 0.15) is 13.2 Å². The Morgan fingerprint density at radius 1 is 1.16 bits per heavy atom. The summed E-state index contributed by atoms with van der Waals surface area (Å²) in [4.78, 5) is 16.4. The van der Waals surface area contributed by atoms with Crippen LogP contribution in [-0.4, -0.2) is 75.5 Å². The van der Waals surface area contributed by atoms with E-state index >= 15 is 0 Å². The van der Waals surface area contributed by atoms with Crippen molar-refractivity contribution in [3.63, 3.8) is 0 Å². The number of urea groups is 1. The van der Waals surface area contributed by atoms with Gasteiger partial charge in [0.2, 0.25) is 0 Å². The number of rotatable bonds is 6. The van der Waals surface area contributed by atoms with E-state index in [1.165, 1.54) is 5.56 Å². The Morgan fingerprint density at radius 2 is 1.92 bits per heavy atom. The van der Waals surface area contributed by atoms with Gasteiger partial charge in [0.25, 0.3) is 0 Å². The average molecular weight is 349 g/mol. The van der Waals surface area contributed by atoms with Crippen molar-refractivity contribution in [2.75, 3.05) is 59.7 Å². The van der Waals surface area contributed by atoms with Gasteiger partial charge in [-0.3, -0.25) is 4.90 Å². The third-order valence-corrected chi connectivity index (χ3v) is 4.47. The van der Waals surface area contributed by atoms with E-state index in [4.69, 9.17) is 14.2 Å². The van der Waals surface area contributed by atoms with Crippen LogP contribution >= 0.6 is 0 Å². The summed E-state index contributed by atoms with van der Waals surface area (Å²) in [6.45, 7) is 6.66. The summed E-state index contributed by atoms with van der Waals surface area (Å²) >= 11 is 0. The number of fused-ring (bicyclic) bond motifs is 1. The van der Waals surface area contributed by atoms with E-state index in [0.29, 0.717) is 26.4 Å². The largest absolute Gasteiger partial charge is 0.486 e. The van der Waals surface area contributed by atoms with Crippen LogP contribution in [0.4, 0.5) is 4.79 Å². The number of carbonyl (C=O) groups excluding carboxylic acids is 1. The van der Waals surface area contributed by atoms with Crippen LogP contribution in [0.2, 0.25) is 0 Å². The Labute approximate surface area is 148 Å². The maximum absolute atomic E-state index is 12.1. The maximum atomic E-state index is 12.1. The summed E-state index contributed by atoms with van der Waals surface area (Å²) in [6, 6.07) is 6.15. The molecule has 3 rings (SSSR count). The predicted octanol–water partition coefficient (Wildman–Crippen LogP) is 1.32. The van der Waals surface area contributed by atoms with E-state index < -0.39 is 0 Å². The number of methoxy groups -OCH3 is 1. The first-order valence-electron chi connectivity index (χ1n) is 8.89. The second-order valence-electron chi connectivity index (χ2n) is 6.32. The van der Waals surface area contributed by atoms with Crippen molar-refractivity contribution < 1.29 is 19.0 Å². The molecule has 7 heteroatoms. The van der Waals surface area contributed by atoms with Crippen molar-refractivity contribution in [2.45, 2.75) is 13.0 Å². The van der Waals surface area contributed by atoms with Gasteiger partial charge in [-0.25, -0.2) is 4.79 Å². The minimum absolute atomic E-state index is 0.0232. The van der Waals surface area contributed by atoms with E-state index in [2.05, 4.69) is 22.3 Å². The summed E-state index contributed by atoms with van der Waals surface area (Å²) in [6.07, 6.45) is 0.840. The number of nitrogens with one attached hydrogen (secondary N) is 1. The molecule has 0 spiro atoms. The molecular weight excluding hydrogens is 322 g/mol. The molecule has 25 heavy (non-hydrogen) atoms. The first-order chi connectivity index (χ1) is 12.3. The summed E-state index contributed by atoms with van der Waals surface area (Å²) in [7, 11) is 1.67. The van der Waals surface area contributed by atoms with E-state index in [9.17, 15) is 4.79 Å². The normalized spacial score (nSPS) is 17.4. The molecule has 0 bridgehead atoms. The molecule has 1 aromatic carbocycles. The Hall–Kier alpha value is -1.99. The number of piperazine rings is 1. The van der Waals surface area contributed by atoms with Gasteiger partial charge in [-0.1, -0.05) is 6.07 Å². The molecule has 0 unspecified atom stereocenters. The first kappa shape index (κ1) is 17.8. The fourth-order valence-corrected chi connectivity index (χ4v) is 3.08. The average Bonchev–Trinajstić information content (AvgIpc) is 2.65. The zero-order chi connectivity index (χ0) is 17.5. The van der Waals surface area contributed by atoms with Crippen molar-refractivity contribution in [1.29, 1.82) is 0 Å². The minimum Gasteiger partial charge on any atom is -0.486 e. The van der Waals surface area contributed by atoms with Crippen LogP contribution in [0.15, 0.2) is 18.2 Å². The number of benzene rings is 1. The van der Waals surface area contributed by atoms with Gasteiger partial charge in [0.05, 0.1) is 0 Å². The Morgan fingerprint density at radius 3 is 2.68 bits per heavy atom. The fraction of sp³-hybridized carbons (Fsp3) is 0.611. The first-order valence-corrected chi connectivity index (χ1v) is 8.89. The van der Waals surface area contributed by atoms with Gasteiger partial charge in [0, 0.05) is 53.0 Å². The van der Waals surface area contributed by atoms with Crippen LogP contribution < -0.4 is 14.8 Å². The molecule has 0 radical (unpaired) electrons. The van der Waals surface area contributed by atoms with Crippen LogP contribution in [0.5, 0.6) is 11.5 Å². The quantitative estimate of drug-likeness (QED) is 0.785. The molecule has 0 saturated carbocycles. The van der Waals surface area contributed by atoms with Crippen molar-refractivity contribution in [2.24, 2.45) is 0 Å². The van der Waals surface area contributed by atoms with E-state index in [0.717, 1.165) is 50.6 Å². The number of hydrogen-bond donors (Lipinski definition) is 1. The van der Waals surface area contributed by atoms with Gasteiger partial charge in [0.15, 0.2) is 11.5 Å². The highest BCUT2D eigenvalue weighted by molar-refractivity contribution is 5.74. The highest BCUT2D eigenvalue weighted by Crippen LogP contribution is 2.31. The Bertz CT molecular complexity index is 573. The Kier molecular flexibility index (Phi) is 6.36. The topological polar surface area (TPSA) is 63.3 Å². The molecule has 1 fully saturated rings.